The third kappa shape index (κ3) is 3.85. The molecule has 2 rings (SSSR count). The van der Waals surface area contributed by atoms with Crippen LogP contribution in [-0.4, -0.2) is 24.8 Å². The topological polar surface area (TPSA) is 26.2 Å². The largest absolute Gasteiger partial charge is 0.385 e. The van der Waals surface area contributed by atoms with Crippen molar-refractivity contribution in [2.45, 2.75) is 51.1 Å². The van der Waals surface area contributed by atoms with Crippen LogP contribution in [0.25, 0.3) is 0 Å². The Morgan fingerprint density at radius 3 is 2.94 bits per heavy atom. The lowest BCUT2D eigenvalue weighted by Crippen LogP contribution is -2.21. The summed E-state index contributed by atoms with van der Waals surface area (Å²) < 4.78 is 7.54. The van der Waals surface area contributed by atoms with Crippen molar-refractivity contribution in [2.24, 2.45) is 0 Å². The number of ether oxygens (including phenoxy) is 1. The van der Waals surface area contributed by atoms with Crippen LogP contribution < -0.4 is 5.32 Å². The molecule has 0 unspecified atom stereocenters. The number of methoxy groups -OCH3 is 1. The number of hydrogen-bond acceptors (Lipinski definition) is 2. The maximum Gasteiger partial charge on any atom is 0.0474 e. The standard InChI is InChI=1S/C15H26N2O/c1-18-12-6-10-16-13-15-9-5-11-17(15)14-7-3-2-4-8-14/h5,9,11,14,16H,2-4,6-8,10,12-13H2,1H3. The molecule has 1 aromatic heterocycles. The summed E-state index contributed by atoms with van der Waals surface area (Å²) in [6.45, 7) is 2.85. The van der Waals surface area contributed by atoms with E-state index < -0.39 is 0 Å². The van der Waals surface area contributed by atoms with Crippen molar-refractivity contribution in [3.63, 3.8) is 0 Å². The Labute approximate surface area is 111 Å². The number of aromatic nitrogens is 1. The molecular weight excluding hydrogens is 224 g/mol. The highest BCUT2D eigenvalue weighted by atomic mass is 16.5. The summed E-state index contributed by atoms with van der Waals surface area (Å²) in [4.78, 5) is 0. The van der Waals surface area contributed by atoms with E-state index in [4.69, 9.17) is 4.74 Å². The zero-order valence-corrected chi connectivity index (χ0v) is 11.5. The number of nitrogens with zero attached hydrogens (tertiary/aromatic N) is 1. The second kappa shape index (κ2) is 7.59. The van der Waals surface area contributed by atoms with Gasteiger partial charge in [0.15, 0.2) is 0 Å². The predicted molar refractivity (Wildman–Crippen MR) is 74.8 cm³/mol. The molecule has 3 nitrogen and oxygen atoms in total. The molecule has 0 saturated heterocycles. The van der Waals surface area contributed by atoms with Gasteiger partial charge >= 0.3 is 0 Å². The third-order valence-electron chi connectivity index (χ3n) is 3.84. The van der Waals surface area contributed by atoms with Crippen molar-refractivity contribution in [1.82, 2.24) is 9.88 Å². The maximum atomic E-state index is 5.05. The molecule has 0 amide bonds. The summed E-state index contributed by atoms with van der Waals surface area (Å²) in [5.41, 5.74) is 1.43. The SMILES string of the molecule is COCCCNCc1cccn1C1CCCCC1. The van der Waals surface area contributed by atoms with Crippen LogP contribution in [0.5, 0.6) is 0 Å². The summed E-state index contributed by atoms with van der Waals surface area (Å²) in [7, 11) is 1.76. The lowest BCUT2D eigenvalue weighted by Gasteiger charge is -2.25. The molecule has 1 heterocycles. The van der Waals surface area contributed by atoms with E-state index in [0.717, 1.165) is 32.2 Å². The summed E-state index contributed by atoms with van der Waals surface area (Å²) >= 11 is 0. The van der Waals surface area contributed by atoms with E-state index in [2.05, 4.69) is 28.2 Å². The fourth-order valence-corrected chi connectivity index (χ4v) is 2.85. The van der Waals surface area contributed by atoms with Crippen molar-refractivity contribution in [1.29, 1.82) is 0 Å². The summed E-state index contributed by atoms with van der Waals surface area (Å²) in [5, 5.41) is 3.50. The first kappa shape index (κ1) is 13.6. The van der Waals surface area contributed by atoms with Crippen molar-refractivity contribution in [3.8, 4) is 0 Å². The highest BCUT2D eigenvalue weighted by Gasteiger charge is 2.16. The zero-order chi connectivity index (χ0) is 12.6. The van der Waals surface area contributed by atoms with Gasteiger partial charge < -0.3 is 14.6 Å². The average Bonchev–Trinajstić information content (AvgIpc) is 2.88. The highest BCUT2D eigenvalue weighted by molar-refractivity contribution is 5.08. The molecule has 1 N–H and O–H groups in total. The molecule has 102 valence electrons. The maximum absolute atomic E-state index is 5.05. The Balaban J connectivity index is 1.79. The number of hydrogen-bond donors (Lipinski definition) is 1. The van der Waals surface area contributed by atoms with Crippen LogP contribution in [-0.2, 0) is 11.3 Å². The molecule has 0 aliphatic heterocycles. The van der Waals surface area contributed by atoms with E-state index in [1.54, 1.807) is 7.11 Å². The van der Waals surface area contributed by atoms with Crippen LogP contribution in [0.1, 0.15) is 50.3 Å². The van der Waals surface area contributed by atoms with E-state index in [0.29, 0.717) is 0 Å². The van der Waals surface area contributed by atoms with Crippen LogP contribution in [0.4, 0.5) is 0 Å². The quantitative estimate of drug-likeness (QED) is 0.753. The molecule has 18 heavy (non-hydrogen) atoms. The van der Waals surface area contributed by atoms with Gasteiger partial charge in [0.2, 0.25) is 0 Å². The van der Waals surface area contributed by atoms with Crippen molar-refractivity contribution >= 4 is 0 Å². The molecule has 1 aromatic rings. The molecule has 3 heteroatoms. The van der Waals surface area contributed by atoms with Gasteiger partial charge in [-0.15, -0.1) is 0 Å². The Bertz CT molecular complexity index is 329. The minimum absolute atomic E-state index is 0.740. The van der Waals surface area contributed by atoms with Crippen LogP contribution in [0.2, 0.25) is 0 Å². The first-order chi connectivity index (χ1) is 8.92. The second-order valence-electron chi connectivity index (χ2n) is 5.22. The van der Waals surface area contributed by atoms with Crippen LogP contribution in [0, 0.1) is 0 Å². The molecule has 0 spiro atoms. The smallest absolute Gasteiger partial charge is 0.0474 e. The fourth-order valence-electron chi connectivity index (χ4n) is 2.85. The van der Waals surface area contributed by atoms with Gasteiger partial charge in [0.1, 0.15) is 0 Å². The molecule has 0 radical (unpaired) electrons. The fraction of sp³-hybridized carbons (Fsp3) is 0.733. The minimum Gasteiger partial charge on any atom is -0.385 e. The van der Waals surface area contributed by atoms with Crippen molar-refractivity contribution in [2.75, 3.05) is 20.3 Å². The van der Waals surface area contributed by atoms with Gasteiger partial charge in [-0.05, 0) is 37.9 Å². The van der Waals surface area contributed by atoms with Gasteiger partial charge in [0.05, 0.1) is 0 Å². The van der Waals surface area contributed by atoms with Crippen molar-refractivity contribution in [3.05, 3.63) is 24.0 Å². The monoisotopic (exact) mass is 250 g/mol. The molecule has 1 aliphatic carbocycles. The van der Waals surface area contributed by atoms with Gasteiger partial charge in [0.25, 0.3) is 0 Å². The van der Waals surface area contributed by atoms with Crippen molar-refractivity contribution < 1.29 is 4.74 Å². The lowest BCUT2D eigenvalue weighted by molar-refractivity contribution is 0.194. The zero-order valence-electron chi connectivity index (χ0n) is 11.5. The number of nitrogens with one attached hydrogen (secondary N) is 1. The molecule has 1 saturated carbocycles. The van der Waals surface area contributed by atoms with Crippen LogP contribution in [0.15, 0.2) is 18.3 Å². The highest BCUT2D eigenvalue weighted by Crippen LogP contribution is 2.29. The third-order valence-corrected chi connectivity index (χ3v) is 3.84. The number of rotatable bonds is 7. The van der Waals surface area contributed by atoms with Gasteiger partial charge in [0, 0.05) is 38.2 Å². The Morgan fingerprint density at radius 1 is 1.33 bits per heavy atom. The lowest BCUT2D eigenvalue weighted by atomic mass is 9.95. The first-order valence-corrected chi connectivity index (χ1v) is 7.27. The minimum atomic E-state index is 0.740. The Morgan fingerprint density at radius 2 is 2.17 bits per heavy atom. The normalized spacial score (nSPS) is 17.2. The van der Waals surface area contributed by atoms with E-state index in [-0.39, 0.29) is 0 Å². The molecular formula is C15H26N2O. The molecule has 0 atom stereocenters. The van der Waals surface area contributed by atoms with E-state index in [9.17, 15) is 0 Å². The first-order valence-electron chi connectivity index (χ1n) is 7.27. The van der Waals surface area contributed by atoms with Gasteiger partial charge in [-0.2, -0.15) is 0 Å². The molecule has 1 fully saturated rings. The van der Waals surface area contributed by atoms with Gasteiger partial charge in [-0.25, -0.2) is 0 Å². The van der Waals surface area contributed by atoms with Gasteiger partial charge in [-0.1, -0.05) is 19.3 Å². The van der Waals surface area contributed by atoms with Crippen LogP contribution >= 0.6 is 0 Å². The van der Waals surface area contributed by atoms with Crippen LogP contribution in [0.3, 0.4) is 0 Å². The summed E-state index contributed by atoms with van der Waals surface area (Å²) in [6.07, 6.45) is 10.2. The van der Waals surface area contributed by atoms with E-state index in [1.165, 1.54) is 37.8 Å². The Kier molecular flexibility index (Phi) is 5.75. The molecule has 1 aliphatic rings. The summed E-state index contributed by atoms with van der Waals surface area (Å²) in [5.74, 6) is 0. The van der Waals surface area contributed by atoms with E-state index in [1.807, 2.05) is 0 Å². The predicted octanol–water partition coefficient (Wildman–Crippen LogP) is 3.12. The van der Waals surface area contributed by atoms with E-state index >= 15 is 0 Å². The second-order valence-corrected chi connectivity index (χ2v) is 5.22. The average molecular weight is 250 g/mol. The summed E-state index contributed by atoms with van der Waals surface area (Å²) in [6, 6.07) is 5.17. The van der Waals surface area contributed by atoms with Gasteiger partial charge in [-0.3, -0.25) is 0 Å². The Hall–Kier alpha value is -0.800. The molecule has 0 aromatic carbocycles. The molecule has 0 bridgehead atoms.